The van der Waals surface area contributed by atoms with Crippen LogP contribution in [0.4, 0.5) is 5.69 Å². The van der Waals surface area contributed by atoms with Gasteiger partial charge in [0.15, 0.2) is 11.5 Å². The Bertz CT molecular complexity index is 1280. The van der Waals surface area contributed by atoms with Gasteiger partial charge in [-0.1, -0.05) is 34.4 Å². The minimum absolute atomic E-state index is 0.115. The summed E-state index contributed by atoms with van der Waals surface area (Å²) in [5, 5.41) is 15.8. The first-order valence-electron chi connectivity index (χ1n) is 8.28. The fraction of sp³-hybridized carbons (Fsp3) is 0.0556. The van der Waals surface area contributed by atoms with Gasteiger partial charge in [0.2, 0.25) is 0 Å². The van der Waals surface area contributed by atoms with Crippen molar-refractivity contribution in [3.05, 3.63) is 74.4 Å². The van der Waals surface area contributed by atoms with E-state index in [-0.39, 0.29) is 11.5 Å². The van der Waals surface area contributed by atoms with Crippen LogP contribution in [0, 0.1) is 6.92 Å². The van der Waals surface area contributed by atoms with E-state index in [1.54, 1.807) is 43.3 Å². The molecule has 4 rings (SSSR count). The number of carbonyl (C=O) groups is 1. The lowest BCUT2D eigenvalue weighted by Gasteiger charge is -2.08. The number of nitrogens with one attached hydrogen (secondary N) is 2. The van der Waals surface area contributed by atoms with Crippen LogP contribution < -0.4 is 11.1 Å². The Hall–Kier alpha value is -3.43. The highest BCUT2D eigenvalue weighted by Gasteiger charge is 2.19. The number of rotatable bonds is 4. The second kappa shape index (κ2) is 7.53. The first kappa shape index (κ1) is 18.9. The zero-order valence-electron chi connectivity index (χ0n) is 14.8. The van der Waals surface area contributed by atoms with Crippen molar-refractivity contribution in [1.29, 1.82) is 0 Å². The highest BCUT2D eigenvalue weighted by molar-refractivity contribution is 6.31. The van der Waals surface area contributed by atoms with Crippen LogP contribution in [-0.2, 0) is 0 Å². The number of aromatic nitrogens is 5. The Kier molecular flexibility index (Phi) is 4.91. The van der Waals surface area contributed by atoms with Gasteiger partial charge in [0.1, 0.15) is 0 Å². The zero-order valence-corrected chi connectivity index (χ0v) is 16.3. The van der Waals surface area contributed by atoms with Crippen molar-refractivity contribution in [2.24, 2.45) is 0 Å². The van der Waals surface area contributed by atoms with Crippen LogP contribution in [0.25, 0.3) is 17.1 Å². The molecule has 1 amide bonds. The van der Waals surface area contributed by atoms with Gasteiger partial charge in [-0.15, -0.1) is 5.10 Å². The van der Waals surface area contributed by atoms with E-state index in [1.807, 2.05) is 0 Å². The molecule has 0 atom stereocenters. The quantitative estimate of drug-likeness (QED) is 0.511. The molecule has 0 aliphatic carbocycles. The van der Waals surface area contributed by atoms with Crippen LogP contribution >= 0.6 is 23.2 Å². The first-order chi connectivity index (χ1) is 13.9. The van der Waals surface area contributed by atoms with Gasteiger partial charge < -0.3 is 5.32 Å². The predicted octanol–water partition coefficient (Wildman–Crippen LogP) is 3.48. The number of hydrogen-bond donors (Lipinski definition) is 2. The van der Waals surface area contributed by atoms with Crippen LogP contribution in [0.1, 0.15) is 16.2 Å². The molecule has 0 spiro atoms. The number of aromatic amines is 1. The SMILES string of the molecule is Cc1nn(-c2cccc(Cl)c2)nc1C(=O)Nc1cc(Cl)ccc1-c1noc(=O)[nH]1. The van der Waals surface area contributed by atoms with E-state index in [0.29, 0.717) is 32.7 Å². The van der Waals surface area contributed by atoms with Gasteiger partial charge in [-0.25, -0.2) is 4.79 Å². The number of aryl methyl sites for hydroxylation is 1. The van der Waals surface area contributed by atoms with Gasteiger partial charge in [0.05, 0.1) is 17.1 Å². The number of benzene rings is 2. The van der Waals surface area contributed by atoms with Crippen molar-refractivity contribution >= 4 is 34.8 Å². The maximum atomic E-state index is 12.8. The van der Waals surface area contributed by atoms with Crippen LogP contribution in [0.2, 0.25) is 10.0 Å². The molecule has 11 heteroatoms. The highest BCUT2D eigenvalue weighted by atomic mass is 35.5. The molecule has 0 aliphatic heterocycles. The van der Waals surface area contributed by atoms with Gasteiger partial charge in [0, 0.05) is 15.6 Å². The topological polar surface area (TPSA) is 119 Å². The molecule has 0 saturated heterocycles. The number of hydrogen-bond acceptors (Lipinski definition) is 6. The molecule has 0 aliphatic rings. The van der Waals surface area contributed by atoms with Crippen LogP contribution in [-0.4, -0.2) is 31.0 Å². The van der Waals surface area contributed by atoms with Crippen molar-refractivity contribution in [3.8, 4) is 17.1 Å². The largest absolute Gasteiger partial charge is 0.439 e. The summed E-state index contributed by atoms with van der Waals surface area (Å²) in [6, 6.07) is 11.7. The molecule has 4 aromatic rings. The van der Waals surface area contributed by atoms with Gasteiger partial charge in [0.25, 0.3) is 5.91 Å². The maximum Gasteiger partial charge on any atom is 0.439 e. The van der Waals surface area contributed by atoms with Crippen molar-refractivity contribution in [2.75, 3.05) is 5.32 Å². The van der Waals surface area contributed by atoms with Gasteiger partial charge in [-0.05, 0) is 43.3 Å². The summed E-state index contributed by atoms with van der Waals surface area (Å²) < 4.78 is 4.53. The second-order valence-electron chi connectivity index (χ2n) is 5.99. The minimum atomic E-state index is -0.715. The van der Waals surface area contributed by atoms with E-state index < -0.39 is 11.7 Å². The molecule has 2 aromatic heterocycles. The summed E-state index contributed by atoms with van der Waals surface area (Å²) in [6.07, 6.45) is 0. The van der Waals surface area contributed by atoms with Crippen LogP contribution in [0.3, 0.4) is 0 Å². The molecule has 0 saturated carbocycles. The van der Waals surface area contributed by atoms with E-state index in [0.717, 1.165) is 0 Å². The minimum Gasteiger partial charge on any atom is -0.320 e. The number of nitrogens with zero attached hydrogens (tertiary/aromatic N) is 4. The molecular weight excluding hydrogens is 419 g/mol. The van der Waals surface area contributed by atoms with E-state index in [2.05, 4.69) is 30.2 Å². The van der Waals surface area contributed by atoms with Gasteiger partial charge in [-0.2, -0.15) is 9.90 Å². The smallest absolute Gasteiger partial charge is 0.320 e. The lowest BCUT2D eigenvalue weighted by atomic mass is 10.1. The molecule has 146 valence electrons. The average molecular weight is 431 g/mol. The van der Waals surface area contributed by atoms with Crippen LogP contribution in [0.15, 0.2) is 51.8 Å². The fourth-order valence-corrected chi connectivity index (χ4v) is 3.02. The molecule has 0 fully saturated rings. The average Bonchev–Trinajstić information content (AvgIpc) is 3.28. The summed E-state index contributed by atoms with van der Waals surface area (Å²) in [4.78, 5) is 27.9. The summed E-state index contributed by atoms with van der Waals surface area (Å²) >= 11 is 12.1. The Morgan fingerprint density at radius 1 is 1.14 bits per heavy atom. The Morgan fingerprint density at radius 2 is 1.93 bits per heavy atom. The summed E-state index contributed by atoms with van der Waals surface area (Å²) in [6.45, 7) is 1.66. The molecule has 9 nitrogen and oxygen atoms in total. The van der Waals surface area contributed by atoms with Crippen molar-refractivity contribution < 1.29 is 9.32 Å². The molecule has 2 heterocycles. The van der Waals surface area contributed by atoms with Crippen molar-refractivity contribution in [2.45, 2.75) is 6.92 Å². The normalized spacial score (nSPS) is 10.9. The summed E-state index contributed by atoms with van der Waals surface area (Å²) in [5.74, 6) is -1.07. The van der Waals surface area contributed by atoms with Gasteiger partial charge in [-0.3, -0.25) is 14.3 Å². The van der Waals surface area contributed by atoms with Crippen LogP contribution in [0.5, 0.6) is 0 Å². The molecule has 2 aromatic carbocycles. The van der Waals surface area contributed by atoms with E-state index in [4.69, 9.17) is 23.2 Å². The molecule has 0 bridgehead atoms. The molecule has 0 unspecified atom stereocenters. The summed E-state index contributed by atoms with van der Waals surface area (Å²) in [7, 11) is 0. The number of amides is 1. The Balaban J connectivity index is 1.67. The standard InChI is InChI=1S/C18H12Cl2N6O3/c1-9-15(24-26(23-9)12-4-2-3-10(19)7-12)17(27)21-14-8-11(20)5-6-13(14)16-22-18(28)29-25-16/h2-8H,1H3,(H,21,27)(H,22,25,28). The first-order valence-corrected chi connectivity index (χ1v) is 9.03. The Labute approximate surface area is 173 Å². The number of halogens is 2. The maximum absolute atomic E-state index is 12.8. The monoisotopic (exact) mass is 430 g/mol. The molecule has 29 heavy (non-hydrogen) atoms. The van der Waals surface area contributed by atoms with E-state index >= 15 is 0 Å². The number of anilines is 1. The molecule has 0 radical (unpaired) electrons. The third-order valence-electron chi connectivity index (χ3n) is 3.96. The highest BCUT2D eigenvalue weighted by Crippen LogP contribution is 2.28. The second-order valence-corrected chi connectivity index (χ2v) is 6.86. The summed E-state index contributed by atoms with van der Waals surface area (Å²) in [5.41, 5.74) is 1.89. The predicted molar refractivity (Wildman–Crippen MR) is 107 cm³/mol. The third kappa shape index (κ3) is 3.91. The lowest BCUT2D eigenvalue weighted by molar-refractivity contribution is 0.102. The third-order valence-corrected chi connectivity index (χ3v) is 4.43. The van der Waals surface area contributed by atoms with E-state index in [9.17, 15) is 9.59 Å². The van der Waals surface area contributed by atoms with Gasteiger partial charge >= 0.3 is 5.76 Å². The van der Waals surface area contributed by atoms with E-state index in [1.165, 1.54) is 10.9 Å². The van der Waals surface area contributed by atoms with Crippen molar-refractivity contribution in [3.63, 3.8) is 0 Å². The fourth-order valence-electron chi connectivity index (χ4n) is 2.66. The van der Waals surface area contributed by atoms with Crippen molar-refractivity contribution in [1.82, 2.24) is 25.1 Å². The molecular formula is C18H12Cl2N6O3. The number of carbonyl (C=O) groups excluding carboxylic acids is 1. The number of H-pyrrole nitrogens is 1. The lowest BCUT2D eigenvalue weighted by Crippen LogP contribution is -2.15. The molecule has 2 N–H and O–H groups in total. The Morgan fingerprint density at radius 3 is 2.66 bits per heavy atom. The zero-order chi connectivity index (χ0) is 20.5.